The van der Waals surface area contributed by atoms with Gasteiger partial charge < -0.3 is 9.47 Å². The Labute approximate surface area is 128 Å². The van der Waals surface area contributed by atoms with Gasteiger partial charge in [-0.15, -0.1) is 0 Å². The minimum Gasteiger partial charge on any atom is -0.493 e. The number of carbonyl (C=O) groups is 1. The molecule has 0 spiro atoms. The molecule has 1 heterocycles. The largest absolute Gasteiger partial charge is 0.493 e. The van der Waals surface area contributed by atoms with Crippen LogP contribution in [0.25, 0.3) is 0 Å². The first-order chi connectivity index (χ1) is 10.7. The van der Waals surface area contributed by atoms with Gasteiger partial charge in [0.1, 0.15) is 0 Å². The van der Waals surface area contributed by atoms with Crippen LogP contribution in [0.2, 0.25) is 0 Å². The number of ether oxygens (including phenoxy) is 2. The zero-order valence-corrected chi connectivity index (χ0v) is 12.4. The van der Waals surface area contributed by atoms with Crippen LogP contribution < -0.4 is 14.9 Å². The third kappa shape index (κ3) is 4.31. The fourth-order valence-corrected chi connectivity index (χ4v) is 1.85. The molecular weight excluding hydrogens is 282 g/mol. The average molecular weight is 299 g/mol. The standard InChI is InChI=1S/C16H17N3O3/c1-21-14-6-5-12(8-15(14)22-2)9-16(20)19-18-11-13-4-3-7-17-10-13/h3-8,10-11H,9H2,1-2H3,(H,19,20)/b18-11-. The van der Waals surface area contributed by atoms with Gasteiger partial charge in [-0.25, -0.2) is 5.43 Å². The summed E-state index contributed by atoms with van der Waals surface area (Å²) in [5.74, 6) is 1.00. The normalized spacial score (nSPS) is 10.5. The lowest BCUT2D eigenvalue weighted by atomic mass is 10.1. The molecule has 0 aliphatic carbocycles. The molecule has 6 heteroatoms. The smallest absolute Gasteiger partial charge is 0.244 e. The summed E-state index contributed by atoms with van der Waals surface area (Å²) < 4.78 is 10.4. The summed E-state index contributed by atoms with van der Waals surface area (Å²) in [5.41, 5.74) is 4.10. The third-order valence-corrected chi connectivity index (χ3v) is 2.90. The monoisotopic (exact) mass is 299 g/mol. The molecule has 1 aromatic heterocycles. The molecular formula is C16H17N3O3. The van der Waals surface area contributed by atoms with Gasteiger partial charge in [0.05, 0.1) is 26.9 Å². The Hall–Kier alpha value is -2.89. The molecule has 0 saturated carbocycles. The number of hydrogen-bond acceptors (Lipinski definition) is 5. The zero-order chi connectivity index (χ0) is 15.8. The number of aromatic nitrogens is 1. The second-order valence-electron chi connectivity index (χ2n) is 4.45. The van der Waals surface area contributed by atoms with Crippen LogP contribution in [0.3, 0.4) is 0 Å². The summed E-state index contributed by atoms with van der Waals surface area (Å²) in [7, 11) is 3.12. The number of benzene rings is 1. The van der Waals surface area contributed by atoms with Gasteiger partial charge in [0.15, 0.2) is 11.5 Å². The van der Waals surface area contributed by atoms with Crippen molar-refractivity contribution in [1.29, 1.82) is 0 Å². The number of methoxy groups -OCH3 is 2. The van der Waals surface area contributed by atoms with Gasteiger partial charge in [0, 0.05) is 18.0 Å². The molecule has 0 radical (unpaired) electrons. The van der Waals surface area contributed by atoms with Crippen molar-refractivity contribution in [2.24, 2.45) is 5.10 Å². The highest BCUT2D eigenvalue weighted by molar-refractivity contribution is 5.83. The van der Waals surface area contributed by atoms with Gasteiger partial charge in [-0.05, 0) is 23.8 Å². The van der Waals surface area contributed by atoms with E-state index in [2.05, 4.69) is 15.5 Å². The molecule has 6 nitrogen and oxygen atoms in total. The molecule has 1 amide bonds. The van der Waals surface area contributed by atoms with Gasteiger partial charge in [-0.1, -0.05) is 12.1 Å². The van der Waals surface area contributed by atoms with E-state index in [9.17, 15) is 4.79 Å². The van der Waals surface area contributed by atoms with Crippen molar-refractivity contribution in [3.63, 3.8) is 0 Å². The first-order valence-electron chi connectivity index (χ1n) is 6.65. The van der Waals surface area contributed by atoms with Crippen molar-refractivity contribution in [2.75, 3.05) is 14.2 Å². The lowest BCUT2D eigenvalue weighted by Gasteiger charge is -2.09. The second kappa shape index (κ2) is 7.78. The number of pyridine rings is 1. The molecule has 0 aliphatic rings. The fraction of sp³-hybridized carbons (Fsp3) is 0.188. The third-order valence-electron chi connectivity index (χ3n) is 2.90. The summed E-state index contributed by atoms with van der Waals surface area (Å²) in [5, 5.41) is 3.89. The maximum atomic E-state index is 11.8. The molecule has 114 valence electrons. The van der Waals surface area contributed by atoms with Gasteiger partial charge in [0.25, 0.3) is 0 Å². The van der Waals surface area contributed by atoms with Gasteiger partial charge in [0.2, 0.25) is 5.91 Å². The molecule has 1 aromatic carbocycles. The summed E-state index contributed by atoms with van der Waals surface area (Å²) >= 11 is 0. The van der Waals surface area contributed by atoms with Crippen LogP contribution in [0.4, 0.5) is 0 Å². The SMILES string of the molecule is COc1ccc(CC(=O)N/N=C\c2cccnc2)cc1OC. The Morgan fingerprint density at radius 1 is 1.27 bits per heavy atom. The van der Waals surface area contributed by atoms with Crippen molar-refractivity contribution in [3.8, 4) is 11.5 Å². The highest BCUT2D eigenvalue weighted by Gasteiger charge is 2.07. The molecule has 0 fully saturated rings. The van der Waals surface area contributed by atoms with E-state index in [1.165, 1.54) is 0 Å². The van der Waals surface area contributed by atoms with Crippen molar-refractivity contribution in [2.45, 2.75) is 6.42 Å². The highest BCUT2D eigenvalue weighted by atomic mass is 16.5. The van der Waals surface area contributed by atoms with Gasteiger partial charge >= 0.3 is 0 Å². The topological polar surface area (TPSA) is 72.8 Å². The van der Waals surface area contributed by atoms with Crippen LogP contribution in [0.1, 0.15) is 11.1 Å². The highest BCUT2D eigenvalue weighted by Crippen LogP contribution is 2.27. The molecule has 0 atom stereocenters. The van der Waals surface area contributed by atoms with Crippen LogP contribution in [-0.2, 0) is 11.2 Å². The van der Waals surface area contributed by atoms with E-state index in [0.29, 0.717) is 11.5 Å². The number of amides is 1. The Morgan fingerprint density at radius 3 is 2.77 bits per heavy atom. The van der Waals surface area contributed by atoms with Crippen molar-refractivity contribution in [3.05, 3.63) is 53.9 Å². The van der Waals surface area contributed by atoms with Gasteiger partial charge in [-0.2, -0.15) is 5.10 Å². The maximum Gasteiger partial charge on any atom is 0.244 e. The fourth-order valence-electron chi connectivity index (χ4n) is 1.85. The van der Waals surface area contributed by atoms with E-state index in [1.807, 2.05) is 12.1 Å². The Bertz CT molecular complexity index is 657. The maximum absolute atomic E-state index is 11.8. The van der Waals surface area contributed by atoms with Crippen molar-refractivity contribution in [1.82, 2.24) is 10.4 Å². The minimum absolute atomic E-state index is 0.199. The summed E-state index contributed by atoms with van der Waals surface area (Å²) in [6.45, 7) is 0. The van der Waals surface area contributed by atoms with E-state index in [0.717, 1.165) is 11.1 Å². The van der Waals surface area contributed by atoms with Crippen LogP contribution >= 0.6 is 0 Å². The first kappa shape index (κ1) is 15.5. The van der Waals surface area contributed by atoms with E-state index in [-0.39, 0.29) is 12.3 Å². The van der Waals surface area contributed by atoms with Crippen LogP contribution in [0.5, 0.6) is 11.5 Å². The predicted molar refractivity (Wildman–Crippen MR) is 83.2 cm³/mol. The Morgan fingerprint density at radius 2 is 2.09 bits per heavy atom. The average Bonchev–Trinajstić information content (AvgIpc) is 2.55. The lowest BCUT2D eigenvalue weighted by molar-refractivity contribution is -0.120. The molecule has 2 rings (SSSR count). The van der Waals surface area contributed by atoms with Crippen LogP contribution in [0.15, 0.2) is 47.8 Å². The molecule has 0 saturated heterocycles. The molecule has 0 aliphatic heterocycles. The van der Waals surface area contributed by atoms with E-state index < -0.39 is 0 Å². The summed E-state index contributed by atoms with van der Waals surface area (Å²) in [6, 6.07) is 8.99. The Kier molecular flexibility index (Phi) is 5.48. The van der Waals surface area contributed by atoms with E-state index >= 15 is 0 Å². The lowest BCUT2D eigenvalue weighted by Crippen LogP contribution is -2.19. The predicted octanol–water partition coefficient (Wildman–Crippen LogP) is 1.79. The molecule has 0 unspecified atom stereocenters. The summed E-state index contributed by atoms with van der Waals surface area (Å²) in [4.78, 5) is 15.8. The minimum atomic E-state index is -0.215. The van der Waals surface area contributed by atoms with E-state index in [1.54, 1.807) is 51.0 Å². The molecule has 0 bridgehead atoms. The van der Waals surface area contributed by atoms with Crippen LogP contribution in [-0.4, -0.2) is 31.3 Å². The number of nitrogens with zero attached hydrogens (tertiary/aromatic N) is 2. The second-order valence-corrected chi connectivity index (χ2v) is 4.45. The van der Waals surface area contributed by atoms with Gasteiger partial charge in [-0.3, -0.25) is 9.78 Å². The number of hydrogen-bond donors (Lipinski definition) is 1. The van der Waals surface area contributed by atoms with E-state index in [4.69, 9.17) is 9.47 Å². The van der Waals surface area contributed by atoms with Crippen molar-refractivity contribution < 1.29 is 14.3 Å². The Balaban J connectivity index is 1.93. The van der Waals surface area contributed by atoms with Crippen LogP contribution in [0, 0.1) is 0 Å². The zero-order valence-electron chi connectivity index (χ0n) is 12.4. The number of carbonyl (C=O) groups excluding carboxylic acids is 1. The number of hydrazone groups is 1. The number of rotatable bonds is 6. The quantitative estimate of drug-likeness (QED) is 0.652. The molecule has 1 N–H and O–H groups in total. The molecule has 2 aromatic rings. The molecule has 22 heavy (non-hydrogen) atoms. The summed E-state index contributed by atoms with van der Waals surface area (Å²) in [6.07, 6.45) is 5.07. The number of nitrogens with one attached hydrogen (secondary N) is 1. The first-order valence-corrected chi connectivity index (χ1v) is 6.65. The van der Waals surface area contributed by atoms with Crippen molar-refractivity contribution >= 4 is 12.1 Å².